The highest BCUT2D eigenvalue weighted by Gasteiger charge is 1.99. The number of allylic oxidation sites excluding steroid dienone is 1. The van der Waals surface area contributed by atoms with Crippen molar-refractivity contribution in [2.45, 2.75) is 26.2 Å². The van der Waals surface area contributed by atoms with Crippen molar-refractivity contribution in [3.8, 4) is 5.75 Å². The summed E-state index contributed by atoms with van der Waals surface area (Å²) in [6.07, 6.45) is 5.64. The van der Waals surface area contributed by atoms with Crippen LogP contribution in [0.15, 0.2) is 48.6 Å². The molecule has 2 aromatic carbocycles. The van der Waals surface area contributed by atoms with Crippen molar-refractivity contribution < 1.29 is 14.6 Å². The van der Waals surface area contributed by atoms with Crippen LogP contribution in [0.3, 0.4) is 0 Å². The summed E-state index contributed by atoms with van der Waals surface area (Å²) in [6, 6.07) is 12.2. The molecule has 3 nitrogen and oxygen atoms in total. The monoisotopic (exact) mass is 284 g/mol. The van der Waals surface area contributed by atoms with Crippen LogP contribution >= 0.6 is 0 Å². The van der Waals surface area contributed by atoms with Gasteiger partial charge in [0.25, 0.3) is 0 Å². The Hall–Kier alpha value is -2.29. The largest absolute Gasteiger partial charge is 0.494 e. The first-order valence-corrected chi connectivity index (χ1v) is 7.24. The van der Waals surface area contributed by atoms with Crippen molar-refractivity contribution in [2.75, 3.05) is 6.61 Å². The Morgan fingerprint density at radius 3 is 2.71 bits per heavy atom. The van der Waals surface area contributed by atoms with Crippen molar-refractivity contribution in [1.29, 1.82) is 0 Å². The van der Waals surface area contributed by atoms with Gasteiger partial charge in [-0.2, -0.15) is 0 Å². The van der Waals surface area contributed by atoms with E-state index in [0.717, 1.165) is 41.5 Å². The van der Waals surface area contributed by atoms with E-state index in [4.69, 9.17) is 9.84 Å². The molecule has 0 bridgehead atoms. The third-order valence-corrected chi connectivity index (χ3v) is 3.26. The Morgan fingerprint density at radius 2 is 1.95 bits per heavy atom. The van der Waals surface area contributed by atoms with Crippen LogP contribution in [-0.2, 0) is 11.2 Å². The molecule has 0 fully saturated rings. The van der Waals surface area contributed by atoms with Gasteiger partial charge in [-0.3, -0.25) is 0 Å². The van der Waals surface area contributed by atoms with Gasteiger partial charge in [0.1, 0.15) is 5.75 Å². The molecule has 0 saturated heterocycles. The van der Waals surface area contributed by atoms with E-state index in [9.17, 15) is 4.79 Å². The van der Waals surface area contributed by atoms with Crippen molar-refractivity contribution in [3.05, 3.63) is 54.1 Å². The molecular formula is C18H20O3. The second-order valence-corrected chi connectivity index (χ2v) is 4.99. The Morgan fingerprint density at radius 1 is 1.19 bits per heavy atom. The number of benzene rings is 2. The van der Waals surface area contributed by atoms with Crippen molar-refractivity contribution >= 4 is 16.7 Å². The summed E-state index contributed by atoms with van der Waals surface area (Å²) >= 11 is 0. The lowest BCUT2D eigenvalue weighted by molar-refractivity contribution is -0.131. The van der Waals surface area contributed by atoms with Gasteiger partial charge in [-0.05, 0) is 41.3 Å². The molecule has 0 unspecified atom stereocenters. The van der Waals surface area contributed by atoms with E-state index in [2.05, 4.69) is 13.0 Å². The van der Waals surface area contributed by atoms with E-state index in [1.807, 2.05) is 30.3 Å². The molecule has 110 valence electrons. The van der Waals surface area contributed by atoms with E-state index in [1.165, 1.54) is 6.08 Å². The molecule has 0 amide bonds. The second-order valence-electron chi connectivity index (χ2n) is 4.99. The molecular weight excluding hydrogens is 264 g/mol. The molecule has 0 heterocycles. The quantitative estimate of drug-likeness (QED) is 0.612. The smallest absolute Gasteiger partial charge is 0.327 e. The average molecular weight is 284 g/mol. The van der Waals surface area contributed by atoms with Gasteiger partial charge in [-0.25, -0.2) is 4.79 Å². The summed E-state index contributed by atoms with van der Waals surface area (Å²) in [5.41, 5.74) is 1.10. The van der Waals surface area contributed by atoms with Crippen molar-refractivity contribution in [1.82, 2.24) is 0 Å². The SMILES string of the molecule is CCCCOc1ccc2cc(CC=CC(=O)O)ccc2c1. The maximum Gasteiger partial charge on any atom is 0.327 e. The number of carbonyl (C=O) groups is 1. The number of unbranched alkanes of at least 4 members (excludes halogenated alkanes) is 1. The lowest BCUT2D eigenvalue weighted by atomic mass is 10.0. The van der Waals surface area contributed by atoms with Crippen molar-refractivity contribution in [3.63, 3.8) is 0 Å². The van der Waals surface area contributed by atoms with Gasteiger partial charge >= 0.3 is 5.97 Å². The fourth-order valence-electron chi connectivity index (χ4n) is 2.12. The number of aliphatic carboxylic acids is 1. The number of carboxylic acids is 1. The maximum atomic E-state index is 10.4. The highest BCUT2D eigenvalue weighted by Crippen LogP contribution is 2.22. The zero-order valence-electron chi connectivity index (χ0n) is 12.2. The zero-order chi connectivity index (χ0) is 15.1. The molecule has 0 aliphatic rings. The number of hydrogen-bond acceptors (Lipinski definition) is 2. The fourth-order valence-corrected chi connectivity index (χ4v) is 2.12. The van der Waals surface area contributed by atoms with Crippen LogP contribution in [0.5, 0.6) is 5.75 Å². The fraction of sp³-hybridized carbons (Fsp3) is 0.278. The average Bonchev–Trinajstić information content (AvgIpc) is 2.47. The minimum absolute atomic E-state index is 0.622. The Labute approximate surface area is 124 Å². The summed E-state index contributed by atoms with van der Waals surface area (Å²) < 4.78 is 5.70. The Bertz CT molecular complexity index is 644. The van der Waals surface area contributed by atoms with E-state index in [1.54, 1.807) is 6.08 Å². The first kappa shape index (κ1) is 15.1. The zero-order valence-corrected chi connectivity index (χ0v) is 12.2. The van der Waals surface area contributed by atoms with Gasteiger partial charge in [0, 0.05) is 6.08 Å². The number of carboxylic acid groups (broad SMARTS) is 1. The summed E-state index contributed by atoms with van der Waals surface area (Å²) in [7, 11) is 0. The molecule has 0 atom stereocenters. The van der Waals surface area contributed by atoms with Crippen LogP contribution < -0.4 is 4.74 Å². The van der Waals surface area contributed by atoms with E-state index in [-0.39, 0.29) is 0 Å². The van der Waals surface area contributed by atoms with Crippen LogP contribution in [0, 0.1) is 0 Å². The summed E-state index contributed by atoms with van der Waals surface area (Å²) in [6.45, 7) is 2.89. The normalized spacial score (nSPS) is 11.1. The molecule has 0 aliphatic carbocycles. The Kier molecular flexibility index (Phi) is 5.38. The summed E-state index contributed by atoms with van der Waals surface area (Å²) in [4.78, 5) is 10.4. The molecule has 0 saturated carbocycles. The summed E-state index contributed by atoms with van der Waals surface area (Å²) in [5.74, 6) is -0.0147. The molecule has 0 aromatic heterocycles. The van der Waals surface area contributed by atoms with Crippen LogP contribution in [0.1, 0.15) is 25.3 Å². The standard InChI is InChI=1S/C18H20O3/c1-2-3-11-21-17-10-9-15-12-14(5-4-6-18(19)20)7-8-16(15)13-17/h4,6-10,12-13H,2-3,5,11H2,1H3,(H,19,20). The first-order valence-electron chi connectivity index (χ1n) is 7.24. The van der Waals surface area contributed by atoms with Crippen molar-refractivity contribution in [2.24, 2.45) is 0 Å². The molecule has 0 radical (unpaired) electrons. The van der Waals surface area contributed by atoms with E-state index < -0.39 is 5.97 Å². The van der Waals surface area contributed by atoms with Gasteiger partial charge in [0.15, 0.2) is 0 Å². The third kappa shape index (κ3) is 4.63. The highest BCUT2D eigenvalue weighted by molar-refractivity contribution is 5.84. The predicted octanol–water partition coefficient (Wildman–Crippen LogP) is 4.20. The van der Waals surface area contributed by atoms with Crippen LogP contribution in [0.2, 0.25) is 0 Å². The minimum atomic E-state index is -0.912. The minimum Gasteiger partial charge on any atom is -0.494 e. The molecule has 0 spiro atoms. The van der Waals surface area contributed by atoms with Crippen LogP contribution in [-0.4, -0.2) is 17.7 Å². The van der Waals surface area contributed by atoms with Gasteiger partial charge < -0.3 is 9.84 Å². The Balaban J connectivity index is 2.10. The third-order valence-electron chi connectivity index (χ3n) is 3.26. The predicted molar refractivity (Wildman–Crippen MR) is 84.8 cm³/mol. The van der Waals surface area contributed by atoms with Gasteiger partial charge in [-0.1, -0.05) is 43.7 Å². The van der Waals surface area contributed by atoms with E-state index >= 15 is 0 Å². The first-order chi connectivity index (χ1) is 10.2. The van der Waals surface area contributed by atoms with Gasteiger partial charge in [0.05, 0.1) is 6.61 Å². The molecule has 21 heavy (non-hydrogen) atoms. The molecule has 3 heteroatoms. The number of hydrogen-bond donors (Lipinski definition) is 1. The van der Waals surface area contributed by atoms with Gasteiger partial charge in [-0.15, -0.1) is 0 Å². The topological polar surface area (TPSA) is 46.5 Å². The number of rotatable bonds is 7. The summed E-state index contributed by atoms with van der Waals surface area (Å²) in [5, 5.41) is 10.9. The molecule has 0 aliphatic heterocycles. The number of fused-ring (bicyclic) bond motifs is 1. The maximum absolute atomic E-state index is 10.4. The highest BCUT2D eigenvalue weighted by atomic mass is 16.5. The van der Waals surface area contributed by atoms with Crippen LogP contribution in [0.4, 0.5) is 0 Å². The molecule has 1 N–H and O–H groups in total. The second kappa shape index (κ2) is 7.48. The van der Waals surface area contributed by atoms with E-state index in [0.29, 0.717) is 6.42 Å². The lowest BCUT2D eigenvalue weighted by Crippen LogP contribution is -1.96. The van der Waals surface area contributed by atoms with Crippen LogP contribution in [0.25, 0.3) is 10.8 Å². The number of ether oxygens (including phenoxy) is 1. The molecule has 2 rings (SSSR count). The lowest BCUT2D eigenvalue weighted by Gasteiger charge is -2.07. The van der Waals surface area contributed by atoms with Gasteiger partial charge in [0.2, 0.25) is 0 Å². The molecule has 2 aromatic rings.